The highest BCUT2D eigenvalue weighted by molar-refractivity contribution is 7.83. The molecular formula is C23H25NO3S. The fourth-order valence-electron chi connectivity index (χ4n) is 2.89. The molecule has 0 radical (unpaired) electrons. The van der Waals surface area contributed by atoms with E-state index in [2.05, 4.69) is 12.2 Å². The van der Waals surface area contributed by atoms with Gasteiger partial charge in [-0.05, 0) is 36.1 Å². The van der Waals surface area contributed by atoms with Crippen molar-refractivity contribution in [3.63, 3.8) is 0 Å². The molecule has 3 rings (SSSR count). The van der Waals surface area contributed by atoms with E-state index in [1.807, 2.05) is 61.5 Å². The lowest BCUT2D eigenvalue weighted by Gasteiger charge is -2.12. The highest BCUT2D eigenvalue weighted by Gasteiger charge is 2.14. The van der Waals surface area contributed by atoms with E-state index in [4.69, 9.17) is 4.42 Å². The number of rotatable bonds is 8. The van der Waals surface area contributed by atoms with Crippen LogP contribution in [0.4, 0.5) is 0 Å². The number of hydrogen-bond acceptors (Lipinski definition) is 3. The zero-order valence-electron chi connectivity index (χ0n) is 16.2. The van der Waals surface area contributed by atoms with Crippen LogP contribution in [0.25, 0.3) is 0 Å². The fourth-order valence-corrected chi connectivity index (χ4v) is 4.03. The number of benzene rings is 2. The Balaban J connectivity index is 1.50. The molecule has 0 saturated heterocycles. The van der Waals surface area contributed by atoms with Crippen LogP contribution in [0.2, 0.25) is 0 Å². The first-order valence-electron chi connectivity index (χ1n) is 9.33. The van der Waals surface area contributed by atoms with Crippen molar-refractivity contribution in [1.29, 1.82) is 0 Å². The smallest absolute Gasteiger partial charge is 0.287 e. The summed E-state index contributed by atoms with van der Waals surface area (Å²) in [5.74, 6) is 1.54. The highest BCUT2D eigenvalue weighted by Crippen LogP contribution is 2.15. The quantitative estimate of drug-likeness (QED) is 0.608. The van der Waals surface area contributed by atoms with Crippen molar-refractivity contribution in [1.82, 2.24) is 5.32 Å². The van der Waals surface area contributed by atoms with Gasteiger partial charge in [-0.1, -0.05) is 67.1 Å². The summed E-state index contributed by atoms with van der Waals surface area (Å²) < 4.78 is 18.0. The minimum Gasteiger partial charge on any atom is -0.455 e. The maximum Gasteiger partial charge on any atom is 0.287 e. The summed E-state index contributed by atoms with van der Waals surface area (Å²) in [7, 11) is -1.09. The van der Waals surface area contributed by atoms with Crippen molar-refractivity contribution in [2.75, 3.05) is 6.54 Å². The topological polar surface area (TPSA) is 59.3 Å². The molecule has 0 aliphatic rings. The molecule has 2 aromatic carbocycles. The Morgan fingerprint density at radius 2 is 1.71 bits per heavy atom. The third kappa shape index (κ3) is 5.67. The Kier molecular flexibility index (Phi) is 6.82. The molecule has 1 heterocycles. The van der Waals surface area contributed by atoms with Crippen LogP contribution in [0.1, 0.15) is 45.8 Å². The van der Waals surface area contributed by atoms with E-state index in [9.17, 15) is 9.00 Å². The van der Waals surface area contributed by atoms with Crippen LogP contribution in [-0.4, -0.2) is 16.7 Å². The standard InChI is InChI=1S/C23H25NO3S/c1-17-8-10-19(11-9-17)15-28(26)16-21-12-13-22(27-21)23(25)24-14-18(2)20-6-4-3-5-7-20/h3-13,18H,14-16H2,1-2H3,(H,24,25). The minimum absolute atomic E-state index is 0.210. The van der Waals surface area contributed by atoms with Gasteiger partial charge in [0.1, 0.15) is 5.76 Å². The van der Waals surface area contributed by atoms with Gasteiger partial charge in [-0.25, -0.2) is 0 Å². The second kappa shape index (κ2) is 9.51. The zero-order chi connectivity index (χ0) is 19.9. The molecule has 0 saturated carbocycles. The molecule has 0 spiro atoms. The summed E-state index contributed by atoms with van der Waals surface area (Å²) in [6, 6.07) is 21.4. The number of aryl methyl sites for hydroxylation is 1. The van der Waals surface area contributed by atoms with Crippen LogP contribution >= 0.6 is 0 Å². The number of carbonyl (C=O) groups is 1. The van der Waals surface area contributed by atoms with E-state index < -0.39 is 10.8 Å². The SMILES string of the molecule is Cc1ccc(CS(=O)Cc2ccc(C(=O)NCC(C)c3ccccc3)o2)cc1. The molecule has 0 aliphatic carbocycles. The van der Waals surface area contributed by atoms with E-state index in [1.165, 1.54) is 11.1 Å². The summed E-state index contributed by atoms with van der Waals surface area (Å²) in [5, 5.41) is 2.90. The molecule has 1 aromatic heterocycles. The number of furan rings is 1. The number of nitrogens with one attached hydrogen (secondary N) is 1. The second-order valence-electron chi connectivity index (χ2n) is 7.00. The number of hydrogen-bond donors (Lipinski definition) is 1. The van der Waals surface area contributed by atoms with Crippen molar-refractivity contribution < 1.29 is 13.4 Å². The van der Waals surface area contributed by atoms with Crippen LogP contribution in [0.3, 0.4) is 0 Å². The fraction of sp³-hybridized carbons (Fsp3) is 0.261. The Hall–Kier alpha value is -2.66. The molecule has 1 N–H and O–H groups in total. The molecule has 3 aromatic rings. The minimum atomic E-state index is -1.09. The third-order valence-corrected chi connectivity index (χ3v) is 5.84. The highest BCUT2D eigenvalue weighted by atomic mass is 32.2. The van der Waals surface area contributed by atoms with E-state index >= 15 is 0 Å². The lowest BCUT2D eigenvalue weighted by Crippen LogP contribution is -2.27. The van der Waals surface area contributed by atoms with Gasteiger partial charge >= 0.3 is 0 Å². The molecule has 2 atom stereocenters. The summed E-state index contributed by atoms with van der Waals surface area (Å²) in [4.78, 5) is 12.3. The van der Waals surface area contributed by atoms with Crippen LogP contribution in [0.5, 0.6) is 0 Å². The first kappa shape index (κ1) is 20.1. The van der Waals surface area contributed by atoms with E-state index in [-0.39, 0.29) is 17.6 Å². The van der Waals surface area contributed by atoms with Crippen molar-refractivity contribution in [2.45, 2.75) is 31.3 Å². The average Bonchev–Trinajstić information content (AvgIpc) is 3.16. The molecule has 4 nitrogen and oxygen atoms in total. The summed E-state index contributed by atoms with van der Waals surface area (Å²) in [6.07, 6.45) is 0. The van der Waals surface area contributed by atoms with Crippen molar-refractivity contribution in [2.24, 2.45) is 0 Å². The van der Waals surface area contributed by atoms with Gasteiger partial charge < -0.3 is 9.73 Å². The molecule has 0 fully saturated rings. The average molecular weight is 396 g/mol. The van der Waals surface area contributed by atoms with Gasteiger partial charge in [0.15, 0.2) is 5.76 Å². The van der Waals surface area contributed by atoms with Crippen LogP contribution in [-0.2, 0) is 22.3 Å². The summed E-state index contributed by atoms with van der Waals surface area (Å²) in [6.45, 7) is 4.62. The molecule has 0 aliphatic heterocycles. The normalized spacial score (nSPS) is 13.1. The van der Waals surface area contributed by atoms with Gasteiger partial charge in [0.2, 0.25) is 0 Å². The number of amides is 1. The molecule has 0 bridgehead atoms. The van der Waals surface area contributed by atoms with E-state index in [0.717, 1.165) is 5.56 Å². The van der Waals surface area contributed by atoms with E-state index in [0.29, 0.717) is 23.8 Å². The maximum atomic E-state index is 12.4. The second-order valence-corrected chi connectivity index (χ2v) is 8.46. The Morgan fingerprint density at radius 1 is 1.00 bits per heavy atom. The molecular weight excluding hydrogens is 370 g/mol. The molecule has 2 unspecified atom stereocenters. The maximum absolute atomic E-state index is 12.4. The monoisotopic (exact) mass is 395 g/mol. The van der Waals surface area contributed by atoms with Gasteiger partial charge in [-0.2, -0.15) is 0 Å². The van der Waals surface area contributed by atoms with Gasteiger partial charge in [0, 0.05) is 23.1 Å². The number of carbonyl (C=O) groups excluding carboxylic acids is 1. The van der Waals surface area contributed by atoms with Gasteiger partial charge in [0.05, 0.1) is 5.75 Å². The summed E-state index contributed by atoms with van der Waals surface area (Å²) >= 11 is 0. The van der Waals surface area contributed by atoms with Crippen LogP contribution in [0, 0.1) is 6.92 Å². The Bertz CT molecular complexity index is 932. The van der Waals surface area contributed by atoms with Crippen molar-refractivity contribution in [3.8, 4) is 0 Å². The zero-order valence-corrected chi connectivity index (χ0v) is 17.0. The van der Waals surface area contributed by atoms with Crippen molar-refractivity contribution in [3.05, 3.63) is 94.9 Å². The first-order chi connectivity index (χ1) is 13.5. The molecule has 5 heteroatoms. The van der Waals surface area contributed by atoms with Gasteiger partial charge in [-0.15, -0.1) is 0 Å². The van der Waals surface area contributed by atoms with E-state index in [1.54, 1.807) is 12.1 Å². The third-order valence-electron chi connectivity index (χ3n) is 4.57. The first-order valence-corrected chi connectivity index (χ1v) is 10.8. The predicted molar refractivity (Wildman–Crippen MR) is 113 cm³/mol. The van der Waals surface area contributed by atoms with Crippen LogP contribution < -0.4 is 5.32 Å². The Labute approximate surface area is 168 Å². The predicted octanol–water partition coefficient (Wildman–Crippen LogP) is 4.57. The Morgan fingerprint density at radius 3 is 2.43 bits per heavy atom. The van der Waals surface area contributed by atoms with Crippen LogP contribution in [0.15, 0.2) is 71.1 Å². The molecule has 28 heavy (non-hydrogen) atoms. The molecule has 1 amide bonds. The largest absolute Gasteiger partial charge is 0.455 e. The lowest BCUT2D eigenvalue weighted by atomic mass is 10.0. The molecule has 146 valence electrons. The lowest BCUT2D eigenvalue weighted by molar-refractivity contribution is 0.0922. The summed E-state index contributed by atoms with van der Waals surface area (Å²) in [5.41, 5.74) is 3.38. The van der Waals surface area contributed by atoms with Crippen molar-refractivity contribution >= 4 is 16.7 Å². The van der Waals surface area contributed by atoms with Gasteiger partial charge in [-0.3, -0.25) is 9.00 Å². The van der Waals surface area contributed by atoms with Gasteiger partial charge in [0.25, 0.3) is 5.91 Å².